The maximum Gasteiger partial charge on any atom is 0.295 e. The number of morpholine rings is 1. The normalized spacial score (nSPS) is 19.7. The third kappa shape index (κ3) is 5.61. The number of ether oxygens (including phenoxy) is 4. The first-order valence-electron chi connectivity index (χ1n) is 12.5. The lowest BCUT2D eigenvalue weighted by molar-refractivity contribution is -0.140. The van der Waals surface area contributed by atoms with E-state index in [9.17, 15) is 19.1 Å². The maximum atomic E-state index is 14.8. The molecular formula is C28H33FN2O7. The standard InChI is InChI=1S/C28H33FN2O7/c1-17(2)38-21-7-6-19(15-20(21)29)26(32)24-25(18-5-8-22(35-3)23(16-18)36-4)31(28(34)27(24)33)10-9-30-11-13-37-14-12-30/h5-8,15-17,25,32H,9-14H2,1-4H3/t25-/m0/s1. The van der Waals surface area contributed by atoms with Gasteiger partial charge in [0.25, 0.3) is 11.7 Å². The number of hydrogen-bond donors (Lipinski definition) is 1. The molecular weight excluding hydrogens is 495 g/mol. The van der Waals surface area contributed by atoms with Gasteiger partial charge >= 0.3 is 0 Å². The van der Waals surface area contributed by atoms with Crippen molar-refractivity contribution in [2.75, 3.05) is 53.6 Å². The lowest BCUT2D eigenvalue weighted by atomic mass is 9.95. The van der Waals surface area contributed by atoms with Gasteiger partial charge in [-0.25, -0.2) is 4.39 Å². The second-order valence-corrected chi connectivity index (χ2v) is 9.37. The molecule has 2 fully saturated rings. The van der Waals surface area contributed by atoms with Crippen LogP contribution in [0, 0.1) is 5.82 Å². The molecule has 2 aliphatic heterocycles. The number of likely N-dealkylation sites (tertiary alicyclic amines) is 1. The molecule has 0 aromatic heterocycles. The quantitative estimate of drug-likeness (QED) is 0.301. The Bertz CT molecular complexity index is 1220. The number of nitrogens with zero attached hydrogens (tertiary/aromatic N) is 2. The van der Waals surface area contributed by atoms with Crippen LogP contribution in [0.15, 0.2) is 42.0 Å². The van der Waals surface area contributed by atoms with Crippen molar-refractivity contribution in [3.8, 4) is 17.2 Å². The molecule has 0 unspecified atom stereocenters. The van der Waals surface area contributed by atoms with Gasteiger partial charge < -0.3 is 29.0 Å². The summed E-state index contributed by atoms with van der Waals surface area (Å²) in [6, 6.07) is 8.10. The van der Waals surface area contributed by atoms with Crippen LogP contribution in [0.4, 0.5) is 4.39 Å². The molecule has 2 aliphatic rings. The Hall–Kier alpha value is -3.63. The summed E-state index contributed by atoms with van der Waals surface area (Å²) < 4.78 is 36.4. The molecule has 0 saturated carbocycles. The fourth-order valence-electron chi connectivity index (χ4n) is 4.71. The van der Waals surface area contributed by atoms with Crippen molar-refractivity contribution >= 4 is 17.4 Å². The van der Waals surface area contributed by atoms with Crippen molar-refractivity contribution in [1.29, 1.82) is 0 Å². The zero-order chi connectivity index (χ0) is 27.4. The molecule has 9 nitrogen and oxygen atoms in total. The molecule has 10 heteroatoms. The summed E-state index contributed by atoms with van der Waals surface area (Å²) in [7, 11) is 2.99. The van der Waals surface area contributed by atoms with Crippen LogP contribution in [0.1, 0.15) is 31.0 Å². The number of methoxy groups -OCH3 is 2. The Labute approximate surface area is 221 Å². The van der Waals surface area contributed by atoms with E-state index in [0.29, 0.717) is 36.8 Å². The van der Waals surface area contributed by atoms with Crippen molar-refractivity contribution in [2.24, 2.45) is 0 Å². The molecule has 2 aromatic rings. The summed E-state index contributed by atoms with van der Waals surface area (Å²) in [6.07, 6.45) is -0.245. The molecule has 2 saturated heterocycles. The SMILES string of the molecule is COc1ccc([C@H]2C(=C(O)c3ccc(OC(C)C)c(F)c3)C(=O)C(=O)N2CCN2CCOCC2)cc1OC. The van der Waals surface area contributed by atoms with Gasteiger partial charge in [0.1, 0.15) is 5.76 Å². The van der Waals surface area contributed by atoms with Gasteiger partial charge in [-0.15, -0.1) is 0 Å². The molecule has 204 valence electrons. The number of hydrogen-bond acceptors (Lipinski definition) is 8. The van der Waals surface area contributed by atoms with E-state index in [2.05, 4.69) is 4.90 Å². The van der Waals surface area contributed by atoms with Gasteiger partial charge in [0.2, 0.25) is 0 Å². The summed E-state index contributed by atoms with van der Waals surface area (Å²) in [6.45, 7) is 6.94. The highest BCUT2D eigenvalue weighted by molar-refractivity contribution is 6.46. The molecule has 0 radical (unpaired) electrons. The number of rotatable bonds is 9. The average Bonchev–Trinajstić information content (AvgIpc) is 3.17. The number of aliphatic hydroxyl groups is 1. The van der Waals surface area contributed by atoms with E-state index in [1.165, 1.54) is 31.3 Å². The number of aliphatic hydroxyl groups excluding tert-OH is 1. The molecule has 0 spiro atoms. The highest BCUT2D eigenvalue weighted by Gasteiger charge is 2.46. The van der Waals surface area contributed by atoms with Crippen LogP contribution in [0.25, 0.3) is 5.76 Å². The lowest BCUT2D eigenvalue weighted by Crippen LogP contribution is -2.42. The van der Waals surface area contributed by atoms with Crippen LogP contribution in [0.5, 0.6) is 17.2 Å². The van der Waals surface area contributed by atoms with Gasteiger partial charge in [-0.05, 0) is 49.7 Å². The minimum absolute atomic E-state index is 0.0268. The largest absolute Gasteiger partial charge is 0.507 e. The third-order valence-electron chi connectivity index (χ3n) is 6.59. The van der Waals surface area contributed by atoms with E-state index in [0.717, 1.165) is 19.2 Å². The molecule has 2 heterocycles. The highest BCUT2D eigenvalue weighted by atomic mass is 19.1. The van der Waals surface area contributed by atoms with Gasteiger partial charge in [0.05, 0.1) is 45.2 Å². The third-order valence-corrected chi connectivity index (χ3v) is 6.59. The molecule has 0 bridgehead atoms. The smallest absolute Gasteiger partial charge is 0.295 e. The van der Waals surface area contributed by atoms with Crippen molar-refractivity contribution < 1.29 is 38.0 Å². The van der Waals surface area contributed by atoms with E-state index in [4.69, 9.17) is 18.9 Å². The highest BCUT2D eigenvalue weighted by Crippen LogP contribution is 2.42. The molecule has 4 rings (SSSR count). The molecule has 1 N–H and O–H groups in total. The van der Waals surface area contributed by atoms with Crippen LogP contribution in [-0.2, 0) is 14.3 Å². The van der Waals surface area contributed by atoms with Crippen LogP contribution in [0.2, 0.25) is 0 Å². The number of benzene rings is 2. The summed E-state index contributed by atoms with van der Waals surface area (Å²) in [4.78, 5) is 30.2. The van der Waals surface area contributed by atoms with Gasteiger partial charge in [0.15, 0.2) is 23.1 Å². The van der Waals surface area contributed by atoms with Gasteiger partial charge in [-0.2, -0.15) is 0 Å². The second-order valence-electron chi connectivity index (χ2n) is 9.37. The van der Waals surface area contributed by atoms with E-state index >= 15 is 0 Å². The lowest BCUT2D eigenvalue weighted by Gasteiger charge is -2.31. The minimum atomic E-state index is -0.912. The molecule has 0 aliphatic carbocycles. The molecule has 38 heavy (non-hydrogen) atoms. The Morgan fingerprint density at radius 3 is 2.34 bits per heavy atom. The van der Waals surface area contributed by atoms with Gasteiger partial charge in [-0.3, -0.25) is 14.5 Å². The van der Waals surface area contributed by atoms with Crippen LogP contribution < -0.4 is 14.2 Å². The van der Waals surface area contributed by atoms with Crippen LogP contribution >= 0.6 is 0 Å². The van der Waals surface area contributed by atoms with Crippen molar-refractivity contribution in [3.63, 3.8) is 0 Å². The number of carbonyl (C=O) groups excluding carboxylic acids is 2. The minimum Gasteiger partial charge on any atom is -0.507 e. The monoisotopic (exact) mass is 528 g/mol. The number of carbonyl (C=O) groups is 2. The van der Waals surface area contributed by atoms with Gasteiger partial charge in [-0.1, -0.05) is 6.07 Å². The maximum absolute atomic E-state index is 14.8. The Morgan fingerprint density at radius 2 is 1.71 bits per heavy atom. The van der Waals surface area contributed by atoms with E-state index in [1.54, 1.807) is 32.0 Å². The molecule has 1 amide bonds. The van der Waals surface area contributed by atoms with Crippen LogP contribution in [-0.4, -0.2) is 86.3 Å². The summed E-state index contributed by atoms with van der Waals surface area (Å²) in [5, 5.41) is 11.3. The van der Waals surface area contributed by atoms with E-state index in [1.807, 2.05) is 0 Å². The summed E-state index contributed by atoms with van der Waals surface area (Å²) in [5.74, 6) is -1.82. The first-order valence-corrected chi connectivity index (χ1v) is 12.5. The molecule has 1 atom stereocenters. The number of amides is 1. The first-order chi connectivity index (χ1) is 18.2. The van der Waals surface area contributed by atoms with Crippen molar-refractivity contribution in [3.05, 3.63) is 58.9 Å². The zero-order valence-electron chi connectivity index (χ0n) is 22.0. The summed E-state index contributed by atoms with van der Waals surface area (Å²) >= 11 is 0. The second kappa shape index (κ2) is 11.8. The predicted molar refractivity (Wildman–Crippen MR) is 138 cm³/mol. The fraction of sp³-hybridized carbons (Fsp3) is 0.429. The van der Waals surface area contributed by atoms with Crippen LogP contribution in [0.3, 0.4) is 0 Å². The van der Waals surface area contributed by atoms with Crippen molar-refractivity contribution in [2.45, 2.75) is 26.0 Å². The molecule has 2 aromatic carbocycles. The predicted octanol–water partition coefficient (Wildman–Crippen LogP) is 3.38. The summed E-state index contributed by atoms with van der Waals surface area (Å²) in [5.41, 5.74) is 0.488. The number of Topliss-reactive ketones (excluding diaryl/α,β-unsaturated/α-hetero) is 1. The topological polar surface area (TPSA) is 97.8 Å². The number of ketones is 1. The zero-order valence-corrected chi connectivity index (χ0v) is 22.0. The van der Waals surface area contributed by atoms with Crippen molar-refractivity contribution in [1.82, 2.24) is 9.80 Å². The van der Waals surface area contributed by atoms with E-state index < -0.39 is 29.3 Å². The average molecular weight is 529 g/mol. The van der Waals surface area contributed by atoms with E-state index in [-0.39, 0.29) is 29.5 Å². The number of halogens is 1. The Kier molecular flexibility index (Phi) is 8.53. The van der Waals surface area contributed by atoms with Gasteiger partial charge in [0, 0.05) is 31.7 Å². The first kappa shape index (κ1) is 27.4. The fourth-order valence-corrected chi connectivity index (χ4v) is 4.71. The Morgan fingerprint density at radius 1 is 1.03 bits per heavy atom. The Balaban J connectivity index is 1.77.